The van der Waals surface area contributed by atoms with Gasteiger partial charge in [-0.3, -0.25) is 4.57 Å². The van der Waals surface area contributed by atoms with Gasteiger partial charge in [0.15, 0.2) is 0 Å². The van der Waals surface area contributed by atoms with Crippen LogP contribution in [0.3, 0.4) is 0 Å². The minimum Gasteiger partial charge on any atom is -0.294 e. The van der Waals surface area contributed by atoms with E-state index >= 15 is 0 Å². The molecule has 0 spiro atoms. The quantitative estimate of drug-likeness (QED) is 0.413. The molecule has 0 radical (unpaired) electrons. The molecular formula is C14H8Cl2FIN2. The lowest BCUT2D eigenvalue weighted by molar-refractivity contribution is 0.626. The Kier molecular flexibility index (Phi) is 3.88. The second kappa shape index (κ2) is 5.50. The fourth-order valence-electron chi connectivity index (χ4n) is 2.12. The van der Waals surface area contributed by atoms with E-state index in [1.165, 1.54) is 12.1 Å². The first-order chi connectivity index (χ1) is 9.60. The van der Waals surface area contributed by atoms with Gasteiger partial charge in [0.2, 0.25) is 0 Å². The van der Waals surface area contributed by atoms with E-state index in [0.717, 1.165) is 20.3 Å². The Labute approximate surface area is 138 Å². The monoisotopic (exact) mass is 420 g/mol. The van der Waals surface area contributed by atoms with Gasteiger partial charge in [0.1, 0.15) is 11.6 Å². The number of aromatic nitrogens is 2. The molecule has 0 bridgehead atoms. The zero-order valence-electron chi connectivity index (χ0n) is 10.1. The van der Waals surface area contributed by atoms with Crippen molar-refractivity contribution in [1.29, 1.82) is 0 Å². The van der Waals surface area contributed by atoms with E-state index in [2.05, 4.69) is 27.6 Å². The van der Waals surface area contributed by atoms with Crippen LogP contribution in [0.25, 0.3) is 16.7 Å². The second-order valence-corrected chi connectivity index (χ2v) is 6.09. The van der Waals surface area contributed by atoms with Crippen molar-refractivity contribution < 1.29 is 4.39 Å². The maximum absolute atomic E-state index is 13.3. The van der Waals surface area contributed by atoms with Crippen LogP contribution in [0.4, 0.5) is 4.39 Å². The Morgan fingerprint density at radius 1 is 1.20 bits per heavy atom. The number of benzene rings is 2. The molecule has 0 unspecified atom stereocenters. The zero-order chi connectivity index (χ0) is 14.3. The first-order valence-corrected chi connectivity index (χ1v) is 7.77. The van der Waals surface area contributed by atoms with Gasteiger partial charge in [-0.1, -0.05) is 11.6 Å². The van der Waals surface area contributed by atoms with Crippen LogP contribution in [0.2, 0.25) is 5.02 Å². The van der Waals surface area contributed by atoms with Gasteiger partial charge >= 0.3 is 0 Å². The lowest BCUT2D eigenvalue weighted by atomic mass is 10.2. The summed E-state index contributed by atoms with van der Waals surface area (Å²) in [5.74, 6) is 0.696. The summed E-state index contributed by atoms with van der Waals surface area (Å²) in [5.41, 5.74) is 2.51. The number of nitrogens with zero attached hydrogens (tertiary/aromatic N) is 2. The number of rotatable bonds is 2. The van der Waals surface area contributed by atoms with E-state index in [4.69, 9.17) is 23.2 Å². The lowest BCUT2D eigenvalue weighted by Crippen LogP contribution is -2.02. The van der Waals surface area contributed by atoms with Crippen LogP contribution >= 0.6 is 45.8 Å². The largest absolute Gasteiger partial charge is 0.294 e. The highest BCUT2D eigenvalue weighted by molar-refractivity contribution is 14.1. The molecule has 20 heavy (non-hydrogen) atoms. The number of imidazole rings is 1. The standard InChI is InChI=1S/C14H8Cl2FIN2/c15-7-14-19-11-3-1-8(16)5-13(11)20(14)12-4-2-9(17)6-10(12)18/h1-6H,7H2. The molecule has 0 atom stereocenters. The van der Waals surface area contributed by atoms with Crippen LogP contribution in [0.1, 0.15) is 5.82 Å². The van der Waals surface area contributed by atoms with Gasteiger partial charge in [-0.15, -0.1) is 11.6 Å². The van der Waals surface area contributed by atoms with Crippen LogP contribution < -0.4 is 0 Å². The van der Waals surface area contributed by atoms with E-state index in [1.54, 1.807) is 12.1 Å². The van der Waals surface area contributed by atoms with E-state index in [1.807, 2.05) is 16.7 Å². The third-order valence-electron chi connectivity index (χ3n) is 2.96. The third kappa shape index (κ3) is 2.40. The molecule has 3 rings (SSSR count). The molecule has 102 valence electrons. The molecule has 0 saturated carbocycles. The van der Waals surface area contributed by atoms with E-state index in [0.29, 0.717) is 10.8 Å². The number of fused-ring (bicyclic) bond motifs is 1. The van der Waals surface area contributed by atoms with Crippen molar-refractivity contribution in [3.8, 4) is 5.69 Å². The van der Waals surface area contributed by atoms with Gasteiger partial charge < -0.3 is 0 Å². The van der Waals surface area contributed by atoms with Crippen molar-refractivity contribution in [1.82, 2.24) is 9.55 Å². The Hall–Kier alpha value is -0.850. The molecule has 0 fully saturated rings. The van der Waals surface area contributed by atoms with Crippen LogP contribution in [0.15, 0.2) is 36.4 Å². The van der Waals surface area contributed by atoms with E-state index in [9.17, 15) is 4.39 Å². The van der Waals surface area contributed by atoms with Crippen LogP contribution in [0, 0.1) is 9.39 Å². The molecule has 0 aliphatic rings. The van der Waals surface area contributed by atoms with Gasteiger partial charge in [-0.25, -0.2) is 9.37 Å². The Balaban J connectivity index is 2.36. The van der Waals surface area contributed by atoms with Crippen LogP contribution in [-0.4, -0.2) is 9.55 Å². The Morgan fingerprint density at radius 2 is 2.00 bits per heavy atom. The predicted molar refractivity (Wildman–Crippen MR) is 88.3 cm³/mol. The minimum atomic E-state index is -0.270. The van der Waals surface area contributed by atoms with Crippen molar-refractivity contribution in [2.45, 2.75) is 5.88 Å². The average Bonchev–Trinajstić information content (AvgIpc) is 2.76. The molecule has 2 aromatic carbocycles. The normalized spacial score (nSPS) is 11.2. The molecular weight excluding hydrogens is 413 g/mol. The first-order valence-electron chi connectivity index (χ1n) is 5.78. The summed E-state index contributed by atoms with van der Waals surface area (Å²) >= 11 is 14.1. The molecule has 0 amide bonds. The number of hydrogen-bond acceptors (Lipinski definition) is 1. The van der Waals surface area contributed by atoms with Crippen molar-refractivity contribution in [2.24, 2.45) is 0 Å². The van der Waals surface area contributed by atoms with Gasteiger partial charge in [0, 0.05) is 8.59 Å². The molecule has 0 saturated heterocycles. The summed E-state index contributed by atoms with van der Waals surface area (Å²) in [6.07, 6.45) is 0. The highest BCUT2D eigenvalue weighted by Crippen LogP contribution is 2.28. The van der Waals surface area contributed by atoms with Crippen LogP contribution in [0.5, 0.6) is 0 Å². The number of halogens is 4. The molecule has 1 heterocycles. The van der Waals surface area contributed by atoms with Crippen molar-refractivity contribution in [3.63, 3.8) is 0 Å². The molecule has 1 aromatic heterocycles. The van der Waals surface area contributed by atoms with Gasteiger partial charge in [-0.2, -0.15) is 0 Å². The fraction of sp³-hybridized carbons (Fsp3) is 0.0714. The highest BCUT2D eigenvalue weighted by atomic mass is 127. The van der Waals surface area contributed by atoms with E-state index < -0.39 is 0 Å². The number of hydrogen-bond donors (Lipinski definition) is 0. The molecule has 6 heteroatoms. The lowest BCUT2D eigenvalue weighted by Gasteiger charge is -2.10. The number of alkyl halides is 1. The topological polar surface area (TPSA) is 17.8 Å². The summed E-state index contributed by atoms with van der Waals surface area (Å²) in [6, 6.07) is 10.1. The predicted octanol–water partition coefficient (Wildman–Crippen LogP) is 5.16. The minimum absolute atomic E-state index is 0.264. The Bertz CT molecular complexity index is 801. The smallest absolute Gasteiger partial charge is 0.129 e. The van der Waals surface area contributed by atoms with Gasteiger partial charge in [0.25, 0.3) is 0 Å². The molecule has 2 nitrogen and oxygen atoms in total. The van der Waals surface area contributed by atoms with Gasteiger partial charge in [-0.05, 0) is 59.0 Å². The molecule has 3 aromatic rings. The maximum Gasteiger partial charge on any atom is 0.129 e. The molecule has 0 aliphatic carbocycles. The summed E-state index contributed by atoms with van der Waals surface area (Å²) in [7, 11) is 0. The third-order valence-corrected chi connectivity index (χ3v) is 4.29. The summed E-state index contributed by atoms with van der Waals surface area (Å²) in [5, 5.41) is 0.622. The summed E-state index contributed by atoms with van der Waals surface area (Å²) < 4.78 is 16.0. The Morgan fingerprint density at radius 3 is 2.70 bits per heavy atom. The highest BCUT2D eigenvalue weighted by Gasteiger charge is 2.14. The molecule has 0 aliphatic heterocycles. The van der Waals surface area contributed by atoms with E-state index in [-0.39, 0.29) is 11.7 Å². The van der Waals surface area contributed by atoms with Gasteiger partial charge in [0.05, 0.1) is 22.6 Å². The van der Waals surface area contributed by atoms with Crippen LogP contribution in [-0.2, 0) is 5.88 Å². The SMILES string of the molecule is Fc1ccc(-n2c(CCl)nc3ccc(Cl)cc32)c(I)c1. The van der Waals surface area contributed by atoms with Crippen molar-refractivity contribution in [3.05, 3.63) is 56.6 Å². The molecule has 0 N–H and O–H groups in total. The van der Waals surface area contributed by atoms with Crippen molar-refractivity contribution >= 4 is 56.8 Å². The zero-order valence-corrected chi connectivity index (χ0v) is 13.7. The summed E-state index contributed by atoms with van der Waals surface area (Å²) in [6.45, 7) is 0. The van der Waals surface area contributed by atoms with Crippen molar-refractivity contribution in [2.75, 3.05) is 0 Å². The second-order valence-electron chi connectivity index (χ2n) is 4.23. The maximum atomic E-state index is 13.3. The fourth-order valence-corrected chi connectivity index (χ4v) is 3.18. The first kappa shape index (κ1) is 14.1. The average molecular weight is 421 g/mol. The summed E-state index contributed by atoms with van der Waals surface area (Å²) in [4.78, 5) is 4.49.